The highest BCUT2D eigenvalue weighted by atomic mass is 35.5. The normalized spacial score (nSPS) is 10.8. The van der Waals surface area contributed by atoms with Gasteiger partial charge in [0.25, 0.3) is 0 Å². The van der Waals surface area contributed by atoms with E-state index in [-0.39, 0.29) is 0 Å². The summed E-state index contributed by atoms with van der Waals surface area (Å²) in [6, 6.07) is 16.5. The van der Waals surface area contributed by atoms with E-state index in [1.54, 1.807) is 0 Å². The summed E-state index contributed by atoms with van der Waals surface area (Å²) in [4.78, 5) is 0. The summed E-state index contributed by atoms with van der Waals surface area (Å²) in [5.74, 6) is 0. The van der Waals surface area contributed by atoms with Crippen molar-refractivity contribution >= 4 is 17.1 Å². The second kappa shape index (κ2) is 3.65. The van der Waals surface area contributed by atoms with Gasteiger partial charge in [0.05, 0.1) is 11.2 Å². The summed E-state index contributed by atoms with van der Waals surface area (Å²) in [7, 11) is 0. The highest BCUT2D eigenvalue weighted by Crippen LogP contribution is 2.21. The van der Waals surface area contributed by atoms with Crippen molar-refractivity contribution in [2.24, 2.45) is 0 Å². The quantitative estimate of drug-likeness (QED) is 0.622. The SMILES string of the molecule is Clc1ccc(-c2cc3c[c]ccn3n2)cc1. The molecule has 0 amide bonds. The smallest absolute Gasteiger partial charge is 0.0933 e. The Labute approximate surface area is 98.1 Å². The predicted molar refractivity (Wildman–Crippen MR) is 64.5 cm³/mol. The highest BCUT2D eigenvalue weighted by molar-refractivity contribution is 6.30. The Kier molecular flexibility index (Phi) is 2.15. The molecular formula is C13H8ClN2. The van der Waals surface area contributed by atoms with Gasteiger partial charge in [-0.15, -0.1) is 0 Å². The number of pyridine rings is 1. The first-order chi connectivity index (χ1) is 7.83. The molecule has 16 heavy (non-hydrogen) atoms. The zero-order chi connectivity index (χ0) is 11.0. The van der Waals surface area contributed by atoms with Gasteiger partial charge in [0.1, 0.15) is 0 Å². The highest BCUT2D eigenvalue weighted by Gasteiger charge is 2.03. The summed E-state index contributed by atoms with van der Waals surface area (Å²) in [6.45, 7) is 0. The lowest BCUT2D eigenvalue weighted by Crippen LogP contribution is -1.84. The van der Waals surface area contributed by atoms with Crippen LogP contribution in [0.1, 0.15) is 0 Å². The summed E-state index contributed by atoms with van der Waals surface area (Å²) in [5, 5.41) is 5.20. The third-order valence-electron chi connectivity index (χ3n) is 2.45. The zero-order valence-electron chi connectivity index (χ0n) is 8.39. The number of hydrogen-bond acceptors (Lipinski definition) is 1. The Morgan fingerprint density at radius 2 is 2.00 bits per heavy atom. The molecule has 0 unspecified atom stereocenters. The molecule has 2 aromatic heterocycles. The fourth-order valence-electron chi connectivity index (χ4n) is 1.64. The predicted octanol–water partition coefficient (Wildman–Crippen LogP) is 3.45. The van der Waals surface area contributed by atoms with E-state index in [9.17, 15) is 0 Å². The first-order valence-corrected chi connectivity index (χ1v) is 5.32. The minimum atomic E-state index is 0.737. The van der Waals surface area contributed by atoms with Crippen LogP contribution in [0.3, 0.4) is 0 Å². The molecule has 0 saturated heterocycles. The lowest BCUT2D eigenvalue weighted by molar-refractivity contribution is 0.965. The van der Waals surface area contributed by atoms with Gasteiger partial charge in [-0.05, 0) is 36.4 Å². The van der Waals surface area contributed by atoms with Crippen LogP contribution in [0.25, 0.3) is 16.8 Å². The van der Waals surface area contributed by atoms with E-state index >= 15 is 0 Å². The van der Waals surface area contributed by atoms with Crippen LogP contribution in [0.15, 0.2) is 48.7 Å². The minimum Gasteiger partial charge on any atom is -0.240 e. The van der Waals surface area contributed by atoms with E-state index in [1.165, 1.54) is 0 Å². The summed E-state index contributed by atoms with van der Waals surface area (Å²) < 4.78 is 1.83. The van der Waals surface area contributed by atoms with E-state index in [1.807, 2.05) is 53.2 Å². The molecule has 0 aliphatic carbocycles. The molecule has 0 atom stereocenters. The average molecular weight is 228 g/mol. The van der Waals surface area contributed by atoms with Gasteiger partial charge in [-0.1, -0.05) is 23.7 Å². The lowest BCUT2D eigenvalue weighted by Gasteiger charge is -1.95. The van der Waals surface area contributed by atoms with Crippen molar-refractivity contribution in [2.45, 2.75) is 0 Å². The Morgan fingerprint density at radius 3 is 2.75 bits per heavy atom. The van der Waals surface area contributed by atoms with E-state index in [4.69, 9.17) is 11.6 Å². The van der Waals surface area contributed by atoms with Gasteiger partial charge in [-0.25, -0.2) is 4.52 Å². The molecule has 0 N–H and O–H groups in total. The second-order valence-corrected chi connectivity index (χ2v) is 3.97. The van der Waals surface area contributed by atoms with Crippen molar-refractivity contribution in [3.63, 3.8) is 0 Å². The molecule has 0 fully saturated rings. The molecule has 0 spiro atoms. The standard InChI is InChI=1S/C13H8ClN2/c14-11-6-4-10(5-7-11)13-9-12-3-1-2-8-16(12)15-13/h2-9H. The Hall–Kier alpha value is -1.80. The Morgan fingerprint density at radius 1 is 1.19 bits per heavy atom. The number of nitrogens with zero attached hydrogens (tertiary/aromatic N) is 2. The van der Waals surface area contributed by atoms with Gasteiger partial charge in [0.15, 0.2) is 0 Å². The van der Waals surface area contributed by atoms with Crippen LogP contribution in [0.2, 0.25) is 5.02 Å². The molecule has 3 heteroatoms. The van der Waals surface area contributed by atoms with E-state index in [0.717, 1.165) is 21.8 Å². The molecule has 2 nitrogen and oxygen atoms in total. The van der Waals surface area contributed by atoms with Crippen LogP contribution in [-0.2, 0) is 0 Å². The molecule has 3 aromatic rings. The summed E-state index contributed by atoms with van der Waals surface area (Å²) in [5.41, 5.74) is 3.04. The second-order valence-electron chi connectivity index (χ2n) is 3.53. The van der Waals surface area contributed by atoms with Crippen molar-refractivity contribution in [3.05, 3.63) is 59.8 Å². The first-order valence-electron chi connectivity index (χ1n) is 4.94. The van der Waals surface area contributed by atoms with Gasteiger partial charge in [-0.2, -0.15) is 5.10 Å². The molecule has 0 bridgehead atoms. The van der Waals surface area contributed by atoms with Crippen LogP contribution in [-0.4, -0.2) is 9.61 Å². The Balaban J connectivity index is 2.15. The van der Waals surface area contributed by atoms with Crippen LogP contribution in [0.5, 0.6) is 0 Å². The summed E-state index contributed by atoms with van der Waals surface area (Å²) in [6.07, 6.45) is 1.88. The van der Waals surface area contributed by atoms with Crippen molar-refractivity contribution in [2.75, 3.05) is 0 Å². The molecule has 3 rings (SSSR count). The number of halogens is 1. The number of rotatable bonds is 1. The van der Waals surface area contributed by atoms with Crippen LogP contribution in [0, 0.1) is 6.07 Å². The van der Waals surface area contributed by atoms with Gasteiger partial charge in [0.2, 0.25) is 0 Å². The molecule has 0 saturated carbocycles. The maximum atomic E-state index is 5.85. The van der Waals surface area contributed by atoms with Crippen LogP contribution >= 0.6 is 11.6 Å². The molecule has 77 valence electrons. The monoisotopic (exact) mass is 227 g/mol. The van der Waals surface area contributed by atoms with Gasteiger partial charge in [-0.3, -0.25) is 0 Å². The van der Waals surface area contributed by atoms with Crippen LogP contribution in [0.4, 0.5) is 0 Å². The number of hydrogen-bond donors (Lipinski definition) is 0. The van der Waals surface area contributed by atoms with Gasteiger partial charge >= 0.3 is 0 Å². The number of aromatic nitrogens is 2. The maximum absolute atomic E-state index is 5.85. The molecule has 1 radical (unpaired) electrons. The number of fused-ring (bicyclic) bond motifs is 1. The van der Waals surface area contributed by atoms with E-state index in [2.05, 4.69) is 11.2 Å². The maximum Gasteiger partial charge on any atom is 0.0933 e. The molecule has 0 aliphatic rings. The lowest BCUT2D eigenvalue weighted by atomic mass is 10.1. The Bertz CT molecular complexity index is 593. The largest absolute Gasteiger partial charge is 0.240 e. The molecule has 2 heterocycles. The fraction of sp³-hybridized carbons (Fsp3) is 0. The van der Waals surface area contributed by atoms with Crippen molar-refractivity contribution < 1.29 is 0 Å². The zero-order valence-corrected chi connectivity index (χ0v) is 9.15. The third-order valence-corrected chi connectivity index (χ3v) is 2.70. The van der Waals surface area contributed by atoms with Crippen LogP contribution < -0.4 is 0 Å². The minimum absolute atomic E-state index is 0.737. The van der Waals surface area contributed by atoms with E-state index in [0.29, 0.717) is 0 Å². The van der Waals surface area contributed by atoms with Crippen molar-refractivity contribution in [1.29, 1.82) is 0 Å². The van der Waals surface area contributed by atoms with Gasteiger partial charge < -0.3 is 0 Å². The van der Waals surface area contributed by atoms with Gasteiger partial charge in [0, 0.05) is 16.8 Å². The topological polar surface area (TPSA) is 17.3 Å². The van der Waals surface area contributed by atoms with Crippen molar-refractivity contribution in [1.82, 2.24) is 9.61 Å². The number of benzene rings is 1. The molecule has 1 aromatic carbocycles. The molecule has 0 aliphatic heterocycles. The molecular weight excluding hydrogens is 220 g/mol. The summed E-state index contributed by atoms with van der Waals surface area (Å²) >= 11 is 5.85. The average Bonchev–Trinajstić information content (AvgIpc) is 2.73. The van der Waals surface area contributed by atoms with E-state index < -0.39 is 0 Å². The van der Waals surface area contributed by atoms with Crippen molar-refractivity contribution in [3.8, 4) is 11.3 Å². The third kappa shape index (κ3) is 1.57. The first kappa shape index (κ1) is 9.43. The fourth-order valence-corrected chi connectivity index (χ4v) is 1.77.